The average molecular weight is 357 g/mol. The van der Waals surface area contributed by atoms with Gasteiger partial charge in [-0.15, -0.1) is 0 Å². The Bertz CT molecular complexity index is 510. The first-order valence-corrected chi connectivity index (χ1v) is 7.78. The Morgan fingerprint density at radius 2 is 2.14 bits per heavy atom. The highest BCUT2D eigenvalue weighted by atomic mass is 79.9. The molecule has 1 amide bonds. The second-order valence-corrected chi connectivity index (χ2v) is 7.40. The summed E-state index contributed by atoms with van der Waals surface area (Å²) >= 11 is 3.36. The van der Waals surface area contributed by atoms with Crippen LogP contribution in [0.3, 0.4) is 0 Å². The smallest absolute Gasteiger partial charge is 0.407 e. The number of pyridine rings is 1. The van der Waals surface area contributed by atoms with Crippen molar-refractivity contribution in [3.8, 4) is 5.75 Å². The number of rotatable bonds is 5. The molecule has 1 fully saturated rings. The predicted octanol–water partition coefficient (Wildman–Crippen LogP) is 3.53. The van der Waals surface area contributed by atoms with E-state index in [1.54, 1.807) is 12.4 Å². The van der Waals surface area contributed by atoms with E-state index in [4.69, 9.17) is 9.47 Å². The Morgan fingerprint density at radius 1 is 1.43 bits per heavy atom. The summed E-state index contributed by atoms with van der Waals surface area (Å²) in [5.74, 6) is 0.730. The molecule has 0 saturated heterocycles. The van der Waals surface area contributed by atoms with Crippen LogP contribution in [-0.4, -0.2) is 29.8 Å². The third kappa shape index (κ3) is 5.53. The molecule has 21 heavy (non-hydrogen) atoms. The molecule has 0 atom stereocenters. The van der Waals surface area contributed by atoms with E-state index in [0.717, 1.165) is 23.1 Å². The van der Waals surface area contributed by atoms with Crippen LogP contribution < -0.4 is 10.1 Å². The molecule has 0 aliphatic heterocycles. The largest absolute Gasteiger partial charge is 0.491 e. The third-order valence-electron chi connectivity index (χ3n) is 3.19. The molecule has 2 rings (SSSR count). The maximum Gasteiger partial charge on any atom is 0.407 e. The molecule has 6 heteroatoms. The summed E-state index contributed by atoms with van der Waals surface area (Å²) in [5, 5.41) is 2.82. The van der Waals surface area contributed by atoms with E-state index in [2.05, 4.69) is 26.2 Å². The lowest BCUT2D eigenvalue weighted by molar-refractivity contribution is 0.0509. The number of carbonyl (C=O) groups is 1. The molecule has 116 valence electrons. The number of aromatic nitrogens is 1. The van der Waals surface area contributed by atoms with Crippen molar-refractivity contribution in [1.82, 2.24) is 10.3 Å². The number of nitrogens with zero attached hydrogens (tertiary/aromatic N) is 1. The standard InChI is InChI=1S/C15H21BrN2O3/c1-14(2,3)21-13(19)18-9-15(4-5-15)10-20-12-6-11(16)7-17-8-12/h6-8H,4-5,9-10H2,1-3H3,(H,18,19). The van der Waals surface area contributed by atoms with Gasteiger partial charge in [-0.2, -0.15) is 0 Å². The zero-order valence-corrected chi connectivity index (χ0v) is 14.2. The summed E-state index contributed by atoms with van der Waals surface area (Å²) < 4.78 is 11.9. The molecular weight excluding hydrogens is 336 g/mol. The minimum atomic E-state index is -0.473. The second kappa shape index (κ2) is 6.22. The molecule has 1 aromatic rings. The van der Waals surface area contributed by atoms with Gasteiger partial charge in [0, 0.05) is 22.6 Å². The second-order valence-electron chi connectivity index (χ2n) is 6.48. The van der Waals surface area contributed by atoms with Crippen molar-refractivity contribution < 1.29 is 14.3 Å². The van der Waals surface area contributed by atoms with Crippen LogP contribution in [0, 0.1) is 5.41 Å². The van der Waals surface area contributed by atoms with Gasteiger partial charge in [0.1, 0.15) is 11.4 Å². The summed E-state index contributed by atoms with van der Waals surface area (Å²) in [6.45, 7) is 6.69. The molecular formula is C15H21BrN2O3. The number of alkyl carbamates (subject to hydrolysis) is 1. The van der Waals surface area contributed by atoms with Gasteiger partial charge in [-0.1, -0.05) is 0 Å². The Balaban J connectivity index is 1.77. The van der Waals surface area contributed by atoms with Gasteiger partial charge in [-0.25, -0.2) is 4.79 Å². The minimum Gasteiger partial charge on any atom is -0.491 e. The van der Waals surface area contributed by atoms with E-state index in [1.807, 2.05) is 26.8 Å². The van der Waals surface area contributed by atoms with E-state index >= 15 is 0 Å². The fourth-order valence-corrected chi connectivity index (χ4v) is 2.17. The van der Waals surface area contributed by atoms with Crippen LogP contribution >= 0.6 is 15.9 Å². The number of halogens is 1. The van der Waals surface area contributed by atoms with Crippen LogP contribution in [0.4, 0.5) is 4.79 Å². The van der Waals surface area contributed by atoms with Crippen molar-refractivity contribution in [2.45, 2.75) is 39.2 Å². The van der Waals surface area contributed by atoms with Crippen LogP contribution in [0.1, 0.15) is 33.6 Å². The van der Waals surface area contributed by atoms with Gasteiger partial charge in [-0.05, 0) is 55.6 Å². The lowest BCUT2D eigenvalue weighted by Crippen LogP contribution is -2.37. The van der Waals surface area contributed by atoms with Crippen molar-refractivity contribution in [2.75, 3.05) is 13.2 Å². The van der Waals surface area contributed by atoms with Crippen molar-refractivity contribution in [3.05, 3.63) is 22.9 Å². The number of amides is 1. The molecule has 0 unspecified atom stereocenters. The number of ether oxygens (including phenoxy) is 2. The van der Waals surface area contributed by atoms with Crippen molar-refractivity contribution in [3.63, 3.8) is 0 Å². The van der Waals surface area contributed by atoms with Crippen LogP contribution in [0.5, 0.6) is 5.75 Å². The first kappa shape index (κ1) is 16.1. The molecule has 0 bridgehead atoms. The molecule has 5 nitrogen and oxygen atoms in total. The minimum absolute atomic E-state index is 0.0270. The molecule has 1 aliphatic rings. The fraction of sp³-hybridized carbons (Fsp3) is 0.600. The summed E-state index contributed by atoms with van der Waals surface area (Å²) in [6.07, 6.45) is 5.11. The van der Waals surface area contributed by atoms with Crippen molar-refractivity contribution in [2.24, 2.45) is 5.41 Å². The van der Waals surface area contributed by atoms with E-state index in [0.29, 0.717) is 13.2 Å². The van der Waals surface area contributed by atoms with Gasteiger partial charge in [0.05, 0.1) is 12.8 Å². The fourth-order valence-electron chi connectivity index (χ4n) is 1.83. The predicted molar refractivity (Wildman–Crippen MR) is 83.3 cm³/mol. The molecule has 1 aromatic heterocycles. The molecule has 1 saturated carbocycles. The normalized spacial score (nSPS) is 16.2. The van der Waals surface area contributed by atoms with Gasteiger partial charge < -0.3 is 14.8 Å². The molecule has 1 N–H and O–H groups in total. The first-order valence-electron chi connectivity index (χ1n) is 6.98. The van der Waals surface area contributed by atoms with E-state index in [1.165, 1.54) is 0 Å². The van der Waals surface area contributed by atoms with Crippen molar-refractivity contribution >= 4 is 22.0 Å². The highest BCUT2D eigenvalue weighted by Gasteiger charge is 2.44. The van der Waals surface area contributed by atoms with Crippen molar-refractivity contribution in [1.29, 1.82) is 0 Å². The van der Waals surface area contributed by atoms with E-state index < -0.39 is 5.60 Å². The quantitative estimate of drug-likeness (QED) is 0.876. The van der Waals surface area contributed by atoms with Crippen LogP contribution in [-0.2, 0) is 4.74 Å². The lowest BCUT2D eigenvalue weighted by atomic mass is 10.1. The van der Waals surface area contributed by atoms with E-state index in [9.17, 15) is 4.79 Å². The first-order chi connectivity index (χ1) is 9.78. The highest BCUT2D eigenvalue weighted by Crippen LogP contribution is 2.45. The van der Waals surface area contributed by atoms with Gasteiger partial charge in [-0.3, -0.25) is 4.98 Å². The highest BCUT2D eigenvalue weighted by molar-refractivity contribution is 9.10. The van der Waals surface area contributed by atoms with Crippen LogP contribution in [0.15, 0.2) is 22.9 Å². The molecule has 1 heterocycles. The van der Waals surface area contributed by atoms with Gasteiger partial charge >= 0.3 is 6.09 Å². The molecule has 1 aliphatic carbocycles. The van der Waals surface area contributed by atoms with Gasteiger partial charge in [0.2, 0.25) is 0 Å². The topological polar surface area (TPSA) is 60.5 Å². The molecule has 0 spiro atoms. The third-order valence-corrected chi connectivity index (χ3v) is 3.62. The SMILES string of the molecule is CC(C)(C)OC(=O)NCC1(COc2cncc(Br)c2)CC1. The summed E-state index contributed by atoms with van der Waals surface area (Å²) in [5.41, 5.74) is -0.446. The average Bonchev–Trinajstić information content (AvgIpc) is 3.13. The number of hydrogen-bond donors (Lipinski definition) is 1. The van der Waals surface area contributed by atoms with E-state index in [-0.39, 0.29) is 11.5 Å². The maximum atomic E-state index is 11.7. The van der Waals surface area contributed by atoms with Gasteiger partial charge in [0.25, 0.3) is 0 Å². The van der Waals surface area contributed by atoms with Crippen LogP contribution in [0.25, 0.3) is 0 Å². The Hall–Kier alpha value is -1.30. The zero-order valence-electron chi connectivity index (χ0n) is 12.6. The monoisotopic (exact) mass is 356 g/mol. The summed E-state index contributed by atoms with van der Waals surface area (Å²) in [6, 6.07) is 1.88. The number of carbonyl (C=O) groups excluding carboxylic acids is 1. The number of nitrogens with one attached hydrogen (secondary N) is 1. The number of hydrogen-bond acceptors (Lipinski definition) is 4. The Morgan fingerprint density at radius 3 is 2.71 bits per heavy atom. The maximum absolute atomic E-state index is 11.7. The summed E-state index contributed by atoms with van der Waals surface area (Å²) in [7, 11) is 0. The van der Waals surface area contributed by atoms with Crippen LogP contribution in [0.2, 0.25) is 0 Å². The zero-order chi connectivity index (χ0) is 15.5. The Kier molecular flexibility index (Phi) is 4.76. The molecule has 0 aromatic carbocycles. The van der Waals surface area contributed by atoms with Gasteiger partial charge in [0.15, 0.2) is 0 Å². The molecule has 0 radical (unpaired) electrons. The lowest BCUT2D eigenvalue weighted by Gasteiger charge is -2.22. The summed E-state index contributed by atoms with van der Waals surface area (Å²) in [4.78, 5) is 15.7. The Labute approximate surface area is 133 Å².